The molecule has 0 aliphatic carbocycles. The fourth-order valence-corrected chi connectivity index (χ4v) is 2.86. The number of rotatable bonds is 4. The molecule has 1 aromatic rings. The molecule has 23 heavy (non-hydrogen) atoms. The van der Waals surface area contributed by atoms with Gasteiger partial charge in [0.1, 0.15) is 11.7 Å². The van der Waals surface area contributed by atoms with Gasteiger partial charge >= 0.3 is 6.09 Å². The molecule has 1 aliphatic heterocycles. The lowest BCUT2D eigenvalue weighted by atomic mass is 9.89. The van der Waals surface area contributed by atoms with E-state index in [0.29, 0.717) is 13.1 Å². The Morgan fingerprint density at radius 3 is 2.35 bits per heavy atom. The molecule has 0 spiro atoms. The van der Waals surface area contributed by atoms with Crippen molar-refractivity contribution in [1.82, 2.24) is 4.90 Å². The van der Waals surface area contributed by atoms with Gasteiger partial charge in [0.25, 0.3) is 0 Å². The number of carbonyl (C=O) groups excluding carboxylic acids is 1. The maximum atomic E-state index is 12.0. The van der Waals surface area contributed by atoms with Crippen LogP contribution in [0.2, 0.25) is 0 Å². The van der Waals surface area contributed by atoms with Crippen LogP contribution in [0.15, 0.2) is 24.3 Å². The maximum absolute atomic E-state index is 12.0. The number of hydrogen-bond acceptors (Lipinski definition) is 5. The number of ether oxygens (including phenoxy) is 1. The number of nitrogens with zero attached hydrogens (tertiary/aromatic N) is 1. The molecule has 0 bridgehead atoms. The van der Waals surface area contributed by atoms with Gasteiger partial charge in [0.2, 0.25) is 0 Å². The Balaban J connectivity index is 2.01. The van der Waals surface area contributed by atoms with E-state index in [-0.39, 0.29) is 12.0 Å². The van der Waals surface area contributed by atoms with Crippen LogP contribution in [0.25, 0.3) is 0 Å². The number of benzene rings is 1. The fraction of sp³-hybridized carbons (Fsp3) is 0.562. The van der Waals surface area contributed by atoms with Crippen LogP contribution in [-0.2, 0) is 20.3 Å². The van der Waals surface area contributed by atoms with Crippen molar-refractivity contribution in [2.75, 3.05) is 13.1 Å². The van der Waals surface area contributed by atoms with Crippen LogP contribution in [0.3, 0.4) is 0 Å². The molecule has 1 amide bonds. The van der Waals surface area contributed by atoms with Gasteiger partial charge in [0, 0.05) is 19.0 Å². The molecule has 6 nitrogen and oxygen atoms in total. The molecule has 2 atom stereocenters. The van der Waals surface area contributed by atoms with Crippen molar-refractivity contribution >= 4 is 17.5 Å². The van der Waals surface area contributed by atoms with Crippen LogP contribution >= 0.6 is 0 Å². The zero-order chi connectivity index (χ0) is 17.2. The molecule has 7 heteroatoms. The summed E-state index contributed by atoms with van der Waals surface area (Å²) >= 11 is -2.61. The summed E-state index contributed by atoms with van der Waals surface area (Å²) in [6.45, 7) is 8.19. The quantitative estimate of drug-likeness (QED) is 0.788. The Morgan fingerprint density at radius 2 is 1.87 bits per heavy atom. The highest BCUT2D eigenvalue weighted by Crippen LogP contribution is 2.34. The lowest BCUT2D eigenvalue weighted by Gasteiger charge is -2.43. The van der Waals surface area contributed by atoms with Crippen LogP contribution in [0.1, 0.15) is 38.0 Å². The number of aryl methyl sites for hydroxylation is 1. The van der Waals surface area contributed by atoms with Gasteiger partial charge in [-0.15, -0.1) is 0 Å². The van der Waals surface area contributed by atoms with Crippen molar-refractivity contribution in [3.05, 3.63) is 35.4 Å². The standard InChI is InChI=1S/C16H23NO5S/c1-11-5-7-12(8-6-11)14(22-23(19)20)13-9-17(10-13)15(18)21-16(2,3)4/h5-8,13-14H,9-10H2,1-4H3,(H,19,20)/p-1. The van der Waals surface area contributed by atoms with Crippen molar-refractivity contribution in [3.63, 3.8) is 0 Å². The van der Waals surface area contributed by atoms with Crippen LogP contribution < -0.4 is 0 Å². The van der Waals surface area contributed by atoms with Gasteiger partial charge in [-0.1, -0.05) is 29.8 Å². The Kier molecular flexibility index (Phi) is 5.44. The van der Waals surface area contributed by atoms with E-state index in [1.54, 1.807) is 25.7 Å². The summed E-state index contributed by atoms with van der Waals surface area (Å²) in [4.78, 5) is 13.5. The first-order valence-electron chi connectivity index (χ1n) is 7.46. The normalized spacial score (nSPS) is 18.2. The molecule has 2 unspecified atom stereocenters. The molecule has 128 valence electrons. The van der Waals surface area contributed by atoms with Crippen LogP contribution in [0.4, 0.5) is 4.79 Å². The van der Waals surface area contributed by atoms with Crippen molar-refractivity contribution in [3.8, 4) is 0 Å². The summed E-state index contributed by atoms with van der Waals surface area (Å²) in [7, 11) is 0. The Bertz CT molecular complexity index is 575. The highest BCUT2D eigenvalue weighted by Gasteiger charge is 2.39. The van der Waals surface area contributed by atoms with E-state index >= 15 is 0 Å². The lowest BCUT2D eigenvalue weighted by Crippen LogP contribution is -2.53. The summed E-state index contributed by atoms with van der Waals surface area (Å²) in [6, 6.07) is 7.51. The SMILES string of the molecule is Cc1ccc(C(OS(=O)[O-])C2CN(C(=O)OC(C)(C)C)C2)cc1. The van der Waals surface area contributed by atoms with Gasteiger partial charge in [-0.25, -0.2) is 9.00 Å². The van der Waals surface area contributed by atoms with E-state index in [1.165, 1.54) is 0 Å². The van der Waals surface area contributed by atoms with Gasteiger partial charge in [0.05, 0.1) is 11.4 Å². The third kappa shape index (κ3) is 5.02. The second-order valence-corrected chi connectivity index (χ2v) is 7.38. The van der Waals surface area contributed by atoms with Crippen molar-refractivity contribution in [2.24, 2.45) is 5.92 Å². The van der Waals surface area contributed by atoms with Gasteiger partial charge in [-0.05, 0) is 33.3 Å². The molecule has 0 aromatic heterocycles. The molecule has 1 aliphatic rings. The van der Waals surface area contributed by atoms with Gasteiger partial charge < -0.3 is 14.2 Å². The summed E-state index contributed by atoms with van der Waals surface area (Å²) in [5.74, 6) is -0.0804. The Labute approximate surface area is 139 Å². The summed E-state index contributed by atoms with van der Waals surface area (Å²) in [6.07, 6.45) is -0.979. The molecule has 0 radical (unpaired) electrons. The minimum absolute atomic E-state index is 0.0804. The van der Waals surface area contributed by atoms with Crippen LogP contribution in [-0.4, -0.2) is 38.4 Å². The Morgan fingerprint density at radius 1 is 1.30 bits per heavy atom. The second kappa shape index (κ2) is 6.98. The molecular weight excluding hydrogens is 318 g/mol. The van der Waals surface area contributed by atoms with E-state index < -0.39 is 23.1 Å². The minimum Gasteiger partial charge on any atom is -0.750 e. The van der Waals surface area contributed by atoms with E-state index in [4.69, 9.17) is 8.92 Å². The molecular formula is C16H22NO5S-. The first-order chi connectivity index (χ1) is 10.7. The molecule has 2 rings (SSSR count). The topological polar surface area (TPSA) is 78.9 Å². The van der Waals surface area contributed by atoms with Crippen molar-refractivity contribution < 1.29 is 22.5 Å². The summed E-state index contributed by atoms with van der Waals surface area (Å²) < 4.78 is 32.3. The predicted octanol–water partition coefficient (Wildman–Crippen LogP) is 2.71. The van der Waals surface area contributed by atoms with Crippen molar-refractivity contribution in [2.45, 2.75) is 39.4 Å². The number of amides is 1. The molecule has 1 saturated heterocycles. The number of hydrogen-bond donors (Lipinski definition) is 0. The largest absolute Gasteiger partial charge is 0.750 e. The molecule has 1 heterocycles. The predicted molar refractivity (Wildman–Crippen MR) is 85.2 cm³/mol. The van der Waals surface area contributed by atoms with Gasteiger partial charge in [-0.2, -0.15) is 0 Å². The molecule has 0 N–H and O–H groups in total. The van der Waals surface area contributed by atoms with E-state index in [9.17, 15) is 13.6 Å². The van der Waals surface area contributed by atoms with Gasteiger partial charge in [-0.3, -0.25) is 4.18 Å². The summed E-state index contributed by atoms with van der Waals surface area (Å²) in [5, 5.41) is 0. The monoisotopic (exact) mass is 340 g/mol. The highest BCUT2D eigenvalue weighted by atomic mass is 32.2. The zero-order valence-corrected chi connectivity index (χ0v) is 14.6. The lowest BCUT2D eigenvalue weighted by molar-refractivity contribution is -0.0245. The van der Waals surface area contributed by atoms with Crippen LogP contribution in [0.5, 0.6) is 0 Å². The minimum atomic E-state index is -2.61. The van der Waals surface area contributed by atoms with Crippen molar-refractivity contribution in [1.29, 1.82) is 0 Å². The third-order valence-corrected chi connectivity index (χ3v) is 3.94. The maximum Gasteiger partial charge on any atom is 0.410 e. The molecule has 1 fully saturated rings. The van der Waals surface area contributed by atoms with Crippen LogP contribution in [0, 0.1) is 12.8 Å². The number of carbonyl (C=O) groups is 1. The second-order valence-electron chi connectivity index (χ2n) is 6.78. The van der Waals surface area contributed by atoms with E-state index in [0.717, 1.165) is 11.1 Å². The smallest absolute Gasteiger partial charge is 0.410 e. The van der Waals surface area contributed by atoms with Gasteiger partial charge in [0.15, 0.2) is 0 Å². The fourth-order valence-electron chi connectivity index (χ4n) is 2.43. The van der Waals surface area contributed by atoms with E-state index in [1.807, 2.05) is 31.2 Å². The highest BCUT2D eigenvalue weighted by molar-refractivity contribution is 7.74. The first kappa shape index (κ1) is 17.9. The average Bonchev–Trinajstić information content (AvgIpc) is 2.34. The first-order valence-corrected chi connectivity index (χ1v) is 8.46. The molecule has 1 aromatic carbocycles. The summed E-state index contributed by atoms with van der Waals surface area (Å²) in [5.41, 5.74) is 1.32. The molecule has 0 saturated carbocycles. The third-order valence-electron chi connectivity index (χ3n) is 3.58. The Hall–Kier alpha value is -1.44. The van der Waals surface area contributed by atoms with E-state index in [2.05, 4.69) is 0 Å². The zero-order valence-electron chi connectivity index (χ0n) is 13.8. The average molecular weight is 340 g/mol. The number of likely N-dealkylation sites (tertiary alicyclic amines) is 1.